The third-order valence-corrected chi connectivity index (χ3v) is 3.53. The van der Waals surface area contributed by atoms with Gasteiger partial charge in [-0.25, -0.2) is 0 Å². The van der Waals surface area contributed by atoms with E-state index in [1.54, 1.807) is 7.11 Å². The van der Waals surface area contributed by atoms with Gasteiger partial charge in [-0.1, -0.05) is 26.0 Å². The maximum atomic E-state index is 11.8. The third-order valence-electron chi connectivity index (χ3n) is 3.53. The Hall–Kier alpha value is -1.55. The zero-order chi connectivity index (χ0) is 14.0. The van der Waals surface area contributed by atoms with Crippen molar-refractivity contribution in [2.45, 2.75) is 38.8 Å². The fourth-order valence-electron chi connectivity index (χ4n) is 2.51. The second kappa shape index (κ2) is 5.61. The molecule has 1 atom stereocenters. The van der Waals surface area contributed by atoms with Gasteiger partial charge in [0.25, 0.3) is 0 Å². The van der Waals surface area contributed by atoms with Crippen molar-refractivity contribution in [3.05, 3.63) is 29.3 Å². The van der Waals surface area contributed by atoms with E-state index in [9.17, 15) is 4.79 Å². The number of hydrogen-bond acceptors (Lipinski definition) is 3. The zero-order valence-electron chi connectivity index (χ0n) is 11.8. The van der Waals surface area contributed by atoms with Crippen LogP contribution in [0.25, 0.3) is 0 Å². The number of likely N-dealkylation sites (tertiary alicyclic amines) is 1. The maximum absolute atomic E-state index is 11.8. The van der Waals surface area contributed by atoms with Crippen LogP contribution >= 0.6 is 0 Å². The number of amides is 1. The first-order valence-corrected chi connectivity index (χ1v) is 6.71. The van der Waals surface area contributed by atoms with Crippen molar-refractivity contribution in [1.82, 2.24) is 4.90 Å². The predicted octanol–water partition coefficient (Wildman–Crippen LogP) is 1.88. The Morgan fingerprint density at radius 1 is 1.47 bits per heavy atom. The summed E-state index contributed by atoms with van der Waals surface area (Å²) in [5.74, 6) is 1.45. The number of carbonyl (C=O) groups is 1. The van der Waals surface area contributed by atoms with Gasteiger partial charge < -0.3 is 15.4 Å². The molecule has 0 spiro atoms. The van der Waals surface area contributed by atoms with Gasteiger partial charge in [0.2, 0.25) is 5.91 Å². The van der Waals surface area contributed by atoms with Crippen LogP contribution in [0.4, 0.5) is 0 Å². The Bertz CT molecular complexity index is 471. The Morgan fingerprint density at radius 3 is 2.74 bits per heavy atom. The number of rotatable bonds is 4. The predicted molar refractivity (Wildman–Crippen MR) is 75.1 cm³/mol. The molecule has 1 aromatic carbocycles. The minimum absolute atomic E-state index is 0.0182. The molecule has 0 radical (unpaired) electrons. The van der Waals surface area contributed by atoms with E-state index in [0.717, 1.165) is 11.3 Å². The molecule has 4 nitrogen and oxygen atoms in total. The molecular formula is C15H22N2O2. The Kier molecular flexibility index (Phi) is 4.10. The van der Waals surface area contributed by atoms with Crippen LogP contribution in [0.2, 0.25) is 0 Å². The molecule has 19 heavy (non-hydrogen) atoms. The molecule has 1 fully saturated rings. The quantitative estimate of drug-likeness (QED) is 0.901. The lowest BCUT2D eigenvalue weighted by Gasteiger charge is -2.18. The van der Waals surface area contributed by atoms with Crippen LogP contribution in [-0.2, 0) is 11.3 Å². The smallest absolute Gasteiger partial charge is 0.224 e. The van der Waals surface area contributed by atoms with E-state index in [2.05, 4.69) is 19.9 Å². The molecule has 1 unspecified atom stereocenters. The topological polar surface area (TPSA) is 55.6 Å². The first kappa shape index (κ1) is 13.9. The lowest BCUT2D eigenvalue weighted by Crippen LogP contribution is -2.27. The summed E-state index contributed by atoms with van der Waals surface area (Å²) in [4.78, 5) is 13.6. The largest absolute Gasteiger partial charge is 0.496 e. The summed E-state index contributed by atoms with van der Waals surface area (Å²) in [6, 6.07) is 6.10. The van der Waals surface area contributed by atoms with Crippen molar-refractivity contribution in [3.63, 3.8) is 0 Å². The number of nitrogens with two attached hydrogens (primary N) is 1. The molecule has 0 saturated carbocycles. The maximum Gasteiger partial charge on any atom is 0.224 e. The Morgan fingerprint density at radius 2 is 2.21 bits per heavy atom. The van der Waals surface area contributed by atoms with Gasteiger partial charge >= 0.3 is 0 Å². The first-order chi connectivity index (χ1) is 9.01. The van der Waals surface area contributed by atoms with Gasteiger partial charge in [0.15, 0.2) is 0 Å². The van der Waals surface area contributed by atoms with Gasteiger partial charge in [-0.05, 0) is 23.1 Å². The lowest BCUT2D eigenvalue weighted by molar-refractivity contribution is -0.128. The van der Waals surface area contributed by atoms with Gasteiger partial charge in [0, 0.05) is 25.6 Å². The highest BCUT2D eigenvalue weighted by Crippen LogP contribution is 2.28. The minimum Gasteiger partial charge on any atom is -0.496 e. The molecule has 1 aliphatic heterocycles. The molecule has 1 aromatic rings. The van der Waals surface area contributed by atoms with Crippen molar-refractivity contribution in [2.75, 3.05) is 13.7 Å². The summed E-state index contributed by atoms with van der Waals surface area (Å²) in [6.45, 7) is 5.56. The molecular weight excluding hydrogens is 240 g/mol. The van der Waals surface area contributed by atoms with Crippen molar-refractivity contribution >= 4 is 5.91 Å². The van der Waals surface area contributed by atoms with E-state index in [1.165, 1.54) is 5.56 Å². The van der Waals surface area contributed by atoms with Crippen molar-refractivity contribution < 1.29 is 9.53 Å². The highest BCUT2D eigenvalue weighted by molar-refractivity contribution is 5.79. The summed E-state index contributed by atoms with van der Waals surface area (Å²) in [5, 5.41) is 0. The molecule has 2 N–H and O–H groups in total. The third kappa shape index (κ3) is 3.07. The number of hydrogen-bond donors (Lipinski definition) is 1. The standard InChI is InChI=1S/C15H22N2O2/c1-10(2)13-6-11(4-5-14(13)19-3)8-17-9-12(16)7-15(17)18/h4-6,10,12H,7-9,16H2,1-3H3. The summed E-state index contributed by atoms with van der Waals surface area (Å²) in [5.41, 5.74) is 8.12. The minimum atomic E-state index is -0.0182. The van der Waals surface area contributed by atoms with Crippen LogP contribution in [0.3, 0.4) is 0 Å². The summed E-state index contributed by atoms with van der Waals surface area (Å²) in [6.07, 6.45) is 0.465. The molecule has 2 rings (SSSR count). The molecule has 1 amide bonds. The van der Waals surface area contributed by atoms with E-state index < -0.39 is 0 Å². The number of ether oxygens (including phenoxy) is 1. The normalized spacial score (nSPS) is 19.3. The Balaban J connectivity index is 2.17. The number of nitrogens with zero attached hydrogens (tertiary/aromatic N) is 1. The average Bonchev–Trinajstić information content (AvgIpc) is 2.67. The molecule has 0 aliphatic carbocycles. The van der Waals surface area contributed by atoms with Crippen molar-refractivity contribution in [2.24, 2.45) is 5.73 Å². The number of benzene rings is 1. The second-order valence-electron chi connectivity index (χ2n) is 5.47. The van der Waals surface area contributed by atoms with Crippen LogP contribution in [0.1, 0.15) is 37.3 Å². The SMILES string of the molecule is COc1ccc(CN2CC(N)CC2=O)cc1C(C)C. The van der Waals surface area contributed by atoms with E-state index in [4.69, 9.17) is 10.5 Å². The zero-order valence-corrected chi connectivity index (χ0v) is 11.8. The van der Waals surface area contributed by atoms with Crippen LogP contribution < -0.4 is 10.5 Å². The van der Waals surface area contributed by atoms with E-state index >= 15 is 0 Å². The number of carbonyl (C=O) groups excluding carboxylic acids is 1. The average molecular weight is 262 g/mol. The molecule has 104 valence electrons. The van der Waals surface area contributed by atoms with Gasteiger partial charge in [-0.2, -0.15) is 0 Å². The Labute approximate surface area is 114 Å². The van der Waals surface area contributed by atoms with Crippen molar-refractivity contribution in [3.8, 4) is 5.75 Å². The number of methoxy groups -OCH3 is 1. The monoisotopic (exact) mass is 262 g/mol. The van der Waals surface area contributed by atoms with Gasteiger partial charge in [0.1, 0.15) is 5.75 Å². The molecule has 1 heterocycles. The molecule has 1 saturated heterocycles. The van der Waals surface area contributed by atoms with E-state index in [-0.39, 0.29) is 11.9 Å². The van der Waals surface area contributed by atoms with Crippen LogP contribution in [-0.4, -0.2) is 30.5 Å². The first-order valence-electron chi connectivity index (χ1n) is 6.71. The van der Waals surface area contributed by atoms with Crippen LogP contribution in [0.5, 0.6) is 5.75 Å². The second-order valence-corrected chi connectivity index (χ2v) is 5.47. The molecule has 0 bridgehead atoms. The summed E-state index contributed by atoms with van der Waals surface area (Å²) >= 11 is 0. The van der Waals surface area contributed by atoms with Gasteiger partial charge in [-0.15, -0.1) is 0 Å². The molecule has 4 heteroatoms. The van der Waals surface area contributed by atoms with E-state index in [0.29, 0.717) is 25.4 Å². The summed E-state index contributed by atoms with van der Waals surface area (Å²) in [7, 11) is 1.68. The van der Waals surface area contributed by atoms with E-state index in [1.807, 2.05) is 17.0 Å². The molecule has 1 aliphatic rings. The van der Waals surface area contributed by atoms with Crippen LogP contribution in [0, 0.1) is 0 Å². The fraction of sp³-hybridized carbons (Fsp3) is 0.533. The van der Waals surface area contributed by atoms with Crippen molar-refractivity contribution in [1.29, 1.82) is 0 Å². The van der Waals surface area contributed by atoms with Crippen LogP contribution in [0.15, 0.2) is 18.2 Å². The highest BCUT2D eigenvalue weighted by atomic mass is 16.5. The van der Waals surface area contributed by atoms with Gasteiger partial charge in [-0.3, -0.25) is 4.79 Å². The highest BCUT2D eigenvalue weighted by Gasteiger charge is 2.26. The fourth-order valence-corrected chi connectivity index (χ4v) is 2.51. The lowest BCUT2D eigenvalue weighted by atomic mass is 9.99. The molecule has 0 aromatic heterocycles. The summed E-state index contributed by atoms with van der Waals surface area (Å²) < 4.78 is 5.37. The van der Waals surface area contributed by atoms with Gasteiger partial charge in [0.05, 0.1) is 7.11 Å².